The fourth-order valence-electron chi connectivity index (χ4n) is 8.80. The summed E-state index contributed by atoms with van der Waals surface area (Å²) in [6.07, 6.45) is 2.87. The minimum atomic E-state index is -1.60. The lowest BCUT2D eigenvalue weighted by molar-refractivity contribution is 0.667. The minimum Gasteiger partial charge on any atom is -0.0782 e. The van der Waals surface area contributed by atoms with Gasteiger partial charge in [-0.25, -0.2) is 0 Å². The average molecular weight is 513 g/mol. The van der Waals surface area contributed by atoms with Gasteiger partial charge in [-0.3, -0.25) is 0 Å². The molecule has 0 amide bonds. The topological polar surface area (TPSA) is 0 Å². The van der Waals surface area contributed by atoms with Gasteiger partial charge in [-0.1, -0.05) is 128 Å². The molecule has 0 saturated heterocycles. The van der Waals surface area contributed by atoms with Crippen LogP contribution in [0.15, 0.2) is 22.4 Å². The smallest absolute Gasteiger partial charge is 0.0688 e. The fraction of sp³-hybridized carbons (Fsp3) is 0.833. The summed E-state index contributed by atoms with van der Waals surface area (Å²) in [6.45, 7) is 47.0. The Morgan fingerprint density at radius 3 is 1.20 bits per heavy atom. The van der Waals surface area contributed by atoms with Crippen molar-refractivity contribution in [2.24, 2.45) is 0 Å². The van der Waals surface area contributed by atoms with Gasteiger partial charge in [-0.05, 0) is 24.4 Å². The number of hydrogen-bond acceptors (Lipinski definition) is 0. The summed E-state index contributed by atoms with van der Waals surface area (Å²) in [5.41, 5.74) is 4.41. The maximum Gasteiger partial charge on any atom is 0.0688 e. The van der Waals surface area contributed by atoms with Gasteiger partial charge in [0.25, 0.3) is 0 Å². The van der Waals surface area contributed by atoms with Crippen molar-refractivity contribution in [2.45, 2.75) is 130 Å². The van der Waals surface area contributed by atoms with Crippen LogP contribution in [0.2, 0.25) is 109 Å². The minimum absolute atomic E-state index is 0.383. The Balaban J connectivity index is 4.29. The highest BCUT2D eigenvalue weighted by atomic mass is 29.9. The molecule has 0 radical (unpaired) electrons. The van der Waals surface area contributed by atoms with Crippen molar-refractivity contribution in [3.05, 3.63) is 22.4 Å². The van der Waals surface area contributed by atoms with E-state index in [-0.39, 0.29) is 0 Å². The first-order valence-corrected chi connectivity index (χ1v) is 34.8. The first-order chi connectivity index (χ1) is 12.8. The molecule has 1 rings (SSSR count). The zero-order chi connectivity index (χ0) is 24.5. The largest absolute Gasteiger partial charge is 0.0782 e. The van der Waals surface area contributed by atoms with Gasteiger partial charge in [0, 0.05) is 22.8 Å². The van der Waals surface area contributed by atoms with Crippen LogP contribution >= 0.6 is 0 Å². The molecule has 0 N–H and O–H groups in total. The van der Waals surface area contributed by atoms with Gasteiger partial charge in [0.1, 0.15) is 0 Å². The fourth-order valence-corrected chi connectivity index (χ4v) is 118. The molecule has 176 valence electrons. The lowest BCUT2D eigenvalue weighted by atomic mass is 9.90. The van der Waals surface area contributed by atoms with Crippen molar-refractivity contribution < 1.29 is 0 Å². The van der Waals surface area contributed by atoms with E-state index < -0.39 is 45.5 Å². The molecule has 0 spiro atoms. The molecule has 0 nitrogen and oxygen atoms in total. The van der Waals surface area contributed by atoms with E-state index in [0.717, 1.165) is 5.54 Å². The Morgan fingerprint density at radius 2 is 0.967 bits per heavy atom. The van der Waals surface area contributed by atoms with Gasteiger partial charge in [0.05, 0.1) is 22.8 Å². The summed E-state index contributed by atoms with van der Waals surface area (Å²) in [5.74, 6) is 0. The summed E-state index contributed by atoms with van der Waals surface area (Å²) in [6, 6.07) is 0. The Hall–Kier alpha value is 0.781. The number of hydrogen-bond donors (Lipinski definition) is 0. The van der Waals surface area contributed by atoms with Crippen LogP contribution in [0, 0.1) is 0 Å². The molecule has 1 aliphatic carbocycles. The van der Waals surface area contributed by atoms with Crippen molar-refractivity contribution >= 4 is 45.5 Å². The molecule has 0 aromatic rings. The molecule has 0 aromatic heterocycles. The zero-order valence-electron chi connectivity index (χ0n) is 24.2. The van der Waals surface area contributed by atoms with Crippen LogP contribution < -0.4 is 0 Å². The third-order valence-corrected chi connectivity index (χ3v) is 86.6. The second-order valence-corrected chi connectivity index (χ2v) is 66.9. The predicted octanol–water partition coefficient (Wildman–Crippen LogP) is 9.31. The third kappa shape index (κ3) is 4.31. The van der Waals surface area contributed by atoms with Crippen molar-refractivity contribution in [3.63, 3.8) is 0 Å². The van der Waals surface area contributed by atoms with E-state index in [4.69, 9.17) is 0 Å². The van der Waals surface area contributed by atoms with Gasteiger partial charge >= 0.3 is 0 Å². The maximum atomic E-state index is 2.87. The first-order valence-electron chi connectivity index (χ1n) is 12.2. The van der Waals surface area contributed by atoms with Crippen LogP contribution in [-0.2, 0) is 0 Å². The van der Waals surface area contributed by atoms with Crippen LogP contribution in [0.3, 0.4) is 0 Å². The first kappa shape index (κ1) is 28.8. The molecule has 0 bridgehead atoms. The van der Waals surface area contributed by atoms with Crippen LogP contribution in [0.5, 0.6) is 0 Å². The van der Waals surface area contributed by atoms with Crippen LogP contribution in [-0.4, -0.2) is 45.5 Å². The highest BCUT2D eigenvalue weighted by molar-refractivity contribution is 7.91. The number of allylic oxidation sites excluding steroid dienone is 4. The van der Waals surface area contributed by atoms with E-state index in [0.29, 0.717) is 5.04 Å². The highest BCUT2D eigenvalue weighted by Crippen LogP contribution is 2.63. The third-order valence-electron chi connectivity index (χ3n) is 8.57. The van der Waals surface area contributed by atoms with Gasteiger partial charge in [-0.2, -0.15) is 0 Å². The van der Waals surface area contributed by atoms with E-state index in [2.05, 4.69) is 125 Å². The van der Waals surface area contributed by atoms with E-state index in [9.17, 15) is 0 Å². The summed E-state index contributed by atoms with van der Waals surface area (Å²) in [5, 5.41) is 2.40. The molecular weight excluding hydrogens is 457 g/mol. The quantitative estimate of drug-likeness (QED) is 0.311. The Kier molecular flexibility index (Phi) is 7.61. The van der Waals surface area contributed by atoms with Gasteiger partial charge in [0.2, 0.25) is 0 Å². The van der Waals surface area contributed by atoms with Crippen molar-refractivity contribution in [2.75, 3.05) is 0 Å². The molecule has 0 fully saturated rings. The molecular formula is C24H56Si6. The average Bonchev–Trinajstić information content (AvgIpc) is 2.34. The lowest BCUT2D eigenvalue weighted by Crippen LogP contribution is -2.84. The number of rotatable bonds is 6. The predicted molar refractivity (Wildman–Crippen MR) is 161 cm³/mol. The van der Waals surface area contributed by atoms with E-state index in [1.165, 1.54) is 0 Å². The zero-order valence-corrected chi connectivity index (χ0v) is 30.2. The molecule has 1 aliphatic rings. The molecule has 0 aromatic carbocycles. The monoisotopic (exact) mass is 512 g/mol. The second kappa shape index (κ2) is 7.93. The van der Waals surface area contributed by atoms with E-state index >= 15 is 0 Å². The maximum absolute atomic E-state index is 2.87. The van der Waals surface area contributed by atoms with Gasteiger partial charge < -0.3 is 0 Å². The SMILES string of the molecule is CC1=C[C@](C)([Si](C)(C)C)[C@@H]([Si](C)(C)C)C(C)=C1[Si]([Si](C)(C)C)([Si](C)(C)C)[Si](C)(C)C. The van der Waals surface area contributed by atoms with Gasteiger partial charge in [0.15, 0.2) is 0 Å². The summed E-state index contributed by atoms with van der Waals surface area (Å²) in [4.78, 5) is 0. The summed E-state index contributed by atoms with van der Waals surface area (Å²) >= 11 is 0. The standard InChI is InChI=1S/C24H56Si6/c1-20-19-24(3,26(7,8)9)23(25(4,5)6)21(2)22(20)30(27(10,11)12,28(13,14)15)29(16,17)18/h19,23H,1-18H3/t23-,24-/m0/s1. The summed E-state index contributed by atoms with van der Waals surface area (Å²) in [7, 11) is -6.89. The second-order valence-electron chi connectivity index (χ2n) is 15.7. The molecule has 30 heavy (non-hydrogen) atoms. The lowest BCUT2D eigenvalue weighted by Gasteiger charge is -2.62. The molecule has 2 atom stereocenters. The summed E-state index contributed by atoms with van der Waals surface area (Å²) < 4.78 is 0. The molecule has 0 aliphatic heterocycles. The van der Waals surface area contributed by atoms with Gasteiger partial charge in [-0.15, -0.1) is 0 Å². The molecule has 0 heterocycles. The van der Waals surface area contributed by atoms with E-state index in [1.54, 1.807) is 5.57 Å². The normalized spacial score (nSPS) is 25.5. The van der Waals surface area contributed by atoms with Crippen LogP contribution in [0.4, 0.5) is 0 Å². The highest BCUT2D eigenvalue weighted by Gasteiger charge is 2.65. The van der Waals surface area contributed by atoms with Crippen molar-refractivity contribution in [1.82, 2.24) is 0 Å². The van der Waals surface area contributed by atoms with Crippen molar-refractivity contribution in [3.8, 4) is 0 Å². The molecule has 6 heteroatoms. The Morgan fingerprint density at radius 1 is 0.633 bits per heavy atom. The van der Waals surface area contributed by atoms with Crippen LogP contribution in [0.1, 0.15) is 20.8 Å². The Bertz CT molecular complexity index is 690. The van der Waals surface area contributed by atoms with Crippen LogP contribution in [0.25, 0.3) is 0 Å². The van der Waals surface area contributed by atoms with Crippen molar-refractivity contribution in [1.29, 1.82) is 0 Å². The molecule has 0 saturated carbocycles. The van der Waals surface area contributed by atoms with E-state index in [1.807, 2.05) is 10.8 Å². The Labute approximate surface area is 196 Å². The molecule has 0 unspecified atom stereocenters.